The molecule has 3 aromatic carbocycles. The number of anilines is 2. The van der Waals surface area contributed by atoms with Crippen molar-refractivity contribution in [3.63, 3.8) is 0 Å². The number of amides is 2. The second-order valence-corrected chi connectivity index (χ2v) is 9.04. The van der Waals surface area contributed by atoms with E-state index in [4.69, 9.17) is 17.0 Å². The predicted molar refractivity (Wildman–Crippen MR) is 154 cm³/mol. The van der Waals surface area contributed by atoms with Crippen LogP contribution in [0, 0.1) is 0 Å². The Bertz CT molecular complexity index is 1200. The standard InChI is InChI=1S/C30H33N3O4S/c1-2-33(26-14-7-4-8-15-26)29(36)24-18-20-25(21-19-24)31-30(38)32-27(34)16-9-17-28(35)37-22-10-13-23-11-5-3-6-12-23/h3-8,11-12,14-15,18-21H,2,9-10,13,16-17,22H2,1H3,(H2,31,32,34,38). The number of aryl methyl sites for hydroxylation is 1. The van der Waals surface area contributed by atoms with Crippen LogP contribution in [-0.4, -0.2) is 36.0 Å². The van der Waals surface area contributed by atoms with E-state index in [1.807, 2.05) is 67.6 Å². The van der Waals surface area contributed by atoms with Gasteiger partial charge in [0.15, 0.2) is 5.11 Å². The van der Waals surface area contributed by atoms with Crippen molar-refractivity contribution in [2.45, 2.75) is 39.0 Å². The van der Waals surface area contributed by atoms with Crippen molar-refractivity contribution >= 4 is 46.5 Å². The van der Waals surface area contributed by atoms with Gasteiger partial charge in [0.1, 0.15) is 0 Å². The highest BCUT2D eigenvalue weighted by Crippen LogP contribution is 2.18. The van der Waals surface area contributed by atoms with Crippen LogP contribution in [0.4, 0.5) is 11.4 Å². The topological polar surface area (TPSA) is 87.7 Å². The van der Waals surface area contributed by atoms with Gasteiger partial charge in [-0.1, -0.05) is 48.5 Å². The Morgan fingerprint density at radius 3 is 2.16 bits per heavy atom. The van der Waals surface area contributed by atoms with Gasteiger partial charge in [0.25, 0.3) is 5.91 Å². The Hall–Kier alpha value is -4.04. The van der Waals surface area contributed by atoms with Crippen LogP contribution >= 0.6 is 12.2 Å². The molecule has 2 amide bonds. The Morgan fingerprint density at radius 2 is 1.50 bits per heavy atom. The molecule has 8 heteroatoms. The molecule has 0 aliphatic carbocycles. The zero-order valence-corrected chi connectivity index (χ0v) is 22.3. The largest absolute Gasteiger partial charge is 0.466 e. The number of para-hydroxylation sites is 1. The third kappa shape index (κ3) is 9.44. The van der Waals surface area contributed by atoms with Crippen LogP contribution in [0.2, 0.25) is 0 Å². The van der Waals surface area contributed by atoms with Crippen molar-refractivity contribution in [1.29, 1.82) is 0 Å². The summed E-state index contributed by atoms with van der Waals surface area (Å²) in [4.78, 5) is 38.7. The summed E-state index contributed by atoms with van der Waals surface area (Å²) in [5, 5.41) is 5.71. The third-order valence-electron chi connectivity index (χ3n) is 5.77. The number of nitrogens with one attached hydrogen (secondary N) is 2. The lowest BCUT2D eigenvalue weighted by Gasteiger charge is -2.21. The maximum atomic E-state index is 12.9. The van der Waals surface area contributed by atoms with Crippen molar-refractivity contribution < 1.29 is 19.1 Å². The fraction of sp³-hybridized carbons (Fsp3) is 0.267. The van der Waals surface area contributed by atoms with E-state index in [-0.39, 0.29) is 35.7 Å². The van der Waals surface area contributed by atoms with Crippen molar-refractivity contribution in [3.8, 4) is 0 Å². The lowest BCUT2D eigenvalue weighted by atomic mass is 10.1. The molecule has 0 aliphatic rings. The molecular formula is C30H33N3O4S. The first-order valence-corrected chi connectivity index (χ1v) is 13.1. The number of nitrogens with zero attached hydrogens (tertiary/aromatic N) is 1. The van der Waals surface area contributed by atoms with E-state index >= 15 is 0 Å². The van der Waals surface area contributed by atoms with Crippen LogP contribution in [-0.2, 0) is 20.7 Å². The highest BCUT2D eigenvalue weighted by Gasteiger charge is 2.16. The van der Waals surface area contributed by atoms with Gasteiger partial charge in [-0.25, -0.2) is 0 Å². The van der Waals surface area contributed by atoms with Crippen LogP contribution in [0.25, 0.3) is 0 Å². The van der Waals surface area contributed by atoms with Crippen LogP contribution in [0.1, 0.15) is 48.5 Å². The van der Waals surface area contributed by atoms with Crippen LogP contribution in [0.3, 0.4) is 0 Å². The van der Waals surface area contributed by atoms with Gasteiger partial charge in [-0.2, -0.15) is 0 Å². The minimum Gasteiger partial charge on any atom is -0.466 e. The number of thiocarbonyl (C=S) groups is 1. The van der Waals surface area contributed by atoms with Crippen LogP contribution in [0.15, 0.2) is 84.9 Å². The van der Waals surface area contributed by atoms with E-state index in [1.165, 1.54) is 5.56 Å². The first-order valence-electron chi connectivity index (χ1n) is 12.7. The van der Waals surface area contributed by atoms with E-state index in [9.17, 15) is 14.4 Å². The van der Waals surface area contributed by atoms with Gasteiger partial charge in [0, 0.05) is 36.3 Å². The fourth-order valence-corrected chi connectivity index (χ4v) is 4.06. The van der Waals surface area contributed by atoms with Crippen molar-refractivity contribution in [1.82, 2.24) is 5.32 Å². The van der Waals surface area contributed by atoms with Gasteiger partial charge >= 0.3 is 5.97 Å². The van der Waals surface area contributed by atoms with E-state index in [1.54, 1.807) is 29.2 Å². The number of carbonyl (C=O) groups excluding carboxylic acids is 3. The van der Waals surface area contributed by atoms with Gasteiger partial charge < -0.3 is 20.3 Å². The average molecular weight is 532 g/mol. The van der Waals surface area contributed by atoms with E-state index in [0.717, 1.165) is 18.5 Å². The minimum absolute atomic E-state index is 0.101. The lowest BCUT2D eigenvalue weighted by Crippen LogP contribution is -2.34. The first-order chi connectivity index (χ1) is 18.5. The summed E-state index contributed by atoms with van der Waals surface area (Å²) in [5.74, 6) is -0.696. The molecule has 7 nitrogen and oxygen atoms in total. The first kappa shape index (κ1) is 28.5. The van der Waals surface area contributed by atoms with Crippen molar-refractivity contribution in [2.75, 3.05) is 23.4 Å². The van der Waals surface area contributed by atoms with Crippen LogP contribution < -0.4 is 15.5 Å². The molecule has 0 fully saturated rings. The molecule has 3 rings (SSSR count). The fourth-order valence-electron chi connectivity index (χ4n) is 3.83. The molecule has 0 radical (unpaired) electrons. The van der Waals surface area contributed by atoms with Crippen LogP contribution in [0.5, 0.6) is 0 Å². The number of ether oxygens (including phenoxy) is 1. The summed E-state index contributed by atoms with van der Waals surface area (Å²) in [6, 6.07) is 26.4. The monoisotopic (exact) mass is 531 g/mol. The number of benzene rings is 3. The Morgan fingerprint density at radius 1 is 0.842 bits per heavy atom. The molecule has 0 saturated heterocycles. The predicted octanol–water partition coefficient (Wildman–Crippen LogP) is 5.51. The van der Waals surface area contributed by atoms with Gasteiger partial charge in [0.2, 0.25) is 5.91 Å². The Balaban J connectivity index is 1.34. The highest BCUT2D eigenvalue weighted by atomic mass is 32.1. The second-order valence-electron chi connectivity index (χ2n) is 8.63. The van der Waals surface area contributed by atoms with Crippen molar-refractivity contribution in [2.24, 2.45) is 0 Å². The molecule has 0 unspecified atom stereocenters. The molecule has 0 atom stereocenters. The molecule has 198 valence electrons. The van der Waals surface area contributed by atoms with Crippen molar-refractivity contribution in [3.05, 3.63) is 96.1 Å². The van der Waals surface area contributed by atoms with E-state index in [0.29, 0.717) is 30.8 Å². The molecule has 0 aromatic heterocycles. The zero-order chi connectivity index (χ0) is 27.2. The number of hydrogen-bond donors (Lipinski definition) is 2. The summed E-state index contributed by atoms with van der Waals surface area (Å²) < 4.78 is 5.24. The molecule has 0 saturated carbocycles. The molecule has 0 heterocycles. The summed E-state index contributed by atoms with van der Waals surface area (Å²) in [5.41, 5.74) is 3.24. The smallest absolute Gasteiger partial charge is 0.305 e. The Labute approximate surface area is 229 Å². The summed E-state index contributed by atoms with van der Waals surface area (Å²) in [6.07, 6.45) is 2.31. The molecule has 0 bridgehead atoms. The average Bonchev–Trinajstić information content (AvgIpc) is 2.93. The lowest BCUT2D eigenvalue weighted by molar-refractivity contribution is -0.143. The van der Waals surface area contributed by atoms with Gasteiger partial charge in [-0.3, -0.25) is 14.4 Å². The molecule has 38 heavy (non-hydrogen) atoms. The SMILES string of the molecule is CCN(C(=O)c1ccc(NC(=S)NC(=O)CCCC(=O)OCCCc2ccccc2)cc1)c1ccccc1. The van der Waals surface area contributed by atoms with Gasteiger partial charge in [0.05, 0.1) is 6.61 Å². The number of hydrogen-bond acceptors (Lipinski definition) is 5. The van der Waals surface area contributed by atoms with Gasteiger partial charge in [-0.05, 0) is 80.4 Å². The highest BCUT2D eigenvalue weighted by molar-refractivity contribution is 7.80. The summed E-state index contributed by atoms with van der Waals surface area (Å²) in [7, 11) is 0. The number of esters is 1. The minimum atomic E-state index is -0.310. The summed E-state index contributed by atoms with van der Waals surface area (Å²) in [6.45, 7) is 2.84. The summed E-state index contributed by atoms with van der Waals surface area (Å²) >= 11 is 5.22. The number of rotatable bonds is 12. The molecule has 3 aromatic rings. The maximum absolute atomic E-state index is 12.9. The third-order valence-corrected chi connectivity index (χ3v) is 5.98. The zero-order valence-electron chi connectivity index (χ0n) is 21.5. The van der Waals surface area contributed by atoms with E-state index < -0.39 is 0 Å². The second kappa shape index (κ2) is 15.3. The molecule has 2 N–H and O–H groups in total. The number of carbonyl (C=O) groups is 3. The molecule has 0 spiro atoms. The quantitative estimate of drug-likeness (QED) is 0.182. The maximum Gasteiger partial charge on any atom is 0.305 e. The molecule has 0 aliphatic heterocycles. The van der Waals surface area contributed by atoms with E-state index in [2.05, 4.69) is 10.6 Å². The normalized spacial score (nSPS) is 10.3. The van der Waals surface area contributed by atoms with Gasteiger partial charge in [-0.15, -0.1) is 0 Å². The Kier molecular flexibility index (Phi) is 11.5. The molecular weight excluding hydrogens is 498 g/mol.